The highest BCUT2D eigenvalue weighted by molar-refractivity contribution is 7.13. The molecule has 0 atom stereocenters. The van der Waals surface area contributed by atoms with Crippen LogP contribution in [0.3, 0.4) is 0 Å². The van der Waals surface area contributed by atoms with E-state index in [4.69, 9.17) is 0 Å². The van der Waals surface area contributed by atoms with Gasteiger partial charge in [0.1, 0.15) is 0 Å². The third-order valence-electron chi connectivity index (χ3n) is 2.07. The van der Waals surface area contributed by atoms with Gasteiger partial charge in [0.05, 0.1) is 5.69 Å². The summed E-state index contributed by atoms with van der Waals surface area (Å²) in [6.07, 6.45) is 2.68. The van der Waals surface area contributed by atoms with Crippen LogP contribution in [-0.4, -0.2) is 25.1 Å². The van der Waals surface area contributed by atoms with Gasteiger partial charge in [-0.05, 0) is 12.8 Å². The smallest absolute Gasteiger partial charge is 0.185 e. The van der Waals surface area contributed by atoms with Gasteiger partial charge in [0.25, 0.3) is 0 Å². The van der Waals surface area contributed by atoms with Crippen molar-refractivity contribution in [3.05, 3.63) is 11.1 Å². The van der Waals surface area contributed by atoms with Crippen molar-refractivity contribution in [1.29, 1.82) is 0 Å². The number of rotatable bonds is 4. The molecule has 0 amide bonds. The van der Waals surface area contributed by atoms with Crippen LogP contribution in [0.2, 0.25) is 0 Å². The van der Waals surface area contributed by atoms with Gasteiger partial charge in [-0.1, -0.05) is 0 Å². The van der Waals surface area contributed by atoms with Gasteiger partial charge in [-0.25, -0.2) is 4.98 Å². The molecule has 13 heavy (non-hydrogen) atoms. The SMILES string of the molecule is CN(C)c1nc(CNC2CC2)cs1. The highest BCUT2D eigenvalue weighted by atomic mass is 32.1. The first kappa shape index (κ1) is 8.97. The van der Waals surface area contributed by atoms with Crippen molar-refractivity contribution < 1.29 is 0 Å². The quantitative estimate of drug-likeness (QED) is 0.792. The second kappa shape index (κ2) is 3.64. The highest BCUT2D eigenvalue weighted by Gasteiger charge is 2.20. The van der Waals surface area contributed by atoms with E-state index < -0.39 is 0 Å². The van der Waals surface area contributed by atoms with Gasteiger partial charge in [0.2, 0.25) is 0 Å². The molecule has 72 valence electrons. The van der Waals surface area contributed by atoms with Crippen molar-refractivity contribution in [1.82, 2.24) is 10.3 Å². The molecule has 4 heteroatoms. The monoisotopic (exact) mass is 197 g/mol. The first-order valence-corrected chi connectivity index (χ1v) is 5.49. The lowest BCUT2D eigenvalue weighted by Crippen LogP contribution is -2.15. The van der Waals surface area contributed by atoms with Crippen molar-refractivity contribution >= 4 is 16.5 Å². The molecule has 1 aliphatic rings. The number of hydrogen-bond acceptors (Lipinski definition) is 4. The third-order valence-corrected chi connectivity index (χ3v) is 3.13. The molecule has 0 spiro atoms. The second-order valence-corrected chi connectivity index (χ2v) is 4.51. The van der Waals surface area contributed by atoms with Gasteiger partial charge >= 0.3 is 0 Å². The van der Waals surface area contributed by atoms with Gasteiger partial charge in [-0.3, -0.25) is 0 Å². The minimum Gasteiger partial charge on any atom is -0.354 e. The molecular formula is C9H15N3S. The maximum absolute atomic E-state index is 4.49. The number of hydrogen-bond donors (Lipinski definition) is 1. The predicted molar refractivity (Wildman–Crippen MR) is 56.3 cm³/mol. The van der Waals surface area contributed by atoms with E-state index in [1.807, 2.05) is 19.0 Å². The maximum atomic E-state index is 4.49. The summed E-state index contributed by atoms with van der Waals surface area (Å²) >= 11 is 1.70. The third kappa shape index (κ3) is 2.42. The van der Waals surface area contributed by atoms with Gasteiger partial charge in [-0.2, -0.15) is 0 Å². The fourth-order valence-corrected chi connectivity index (χ4v) is 1.88. The van der Waals surface area contributed by atoms with E-state index >= 15 is 0 Å². The number of anilines is 1. The zero-order valence-electron chi connectivity index (χ0n) is 8.08. The van der Waals surface area contributed by atoms with E-state index in [2.05, 4.69) is 15.7 Å². The average Bonchev–Trinajstić information content (AvgIpc) is 2.79. The Bertz CT molecular complexity index is 278. The Balaban J connectivity index is 1.88. The lowest BCUT2D eigenvalue weighted by molar-refractivity contribution is 0.677. The van der Waals surface area contributed by atoms with Crippen molar-refractivity contribution in [2.24, 2.45) is 0 Å². The number of aromatic nitrogens is 1. The molecule has 0 bridgehead atoms. The Kier molecular flexibility index (Phi) is 2.51. The Morgan fingerprint density at radius 3 is 2.92 bits per heavy atom. The van der Waals surface area contributed by atoms with Crippen LogP contribution in [0.25, 0.3) is 0 Å². The lowest BCUT2D eigenvalue weighted by atomic mass is 10.5. The van der Waals surface area contributed by atoms with Crippen LogP contribution in [0.1, 0.15) is 18.5 Å². The molecule has 1 aromatic heterocycles. The Morgan fingerprint density at radius 2 is 2.38 bits per heavy atom. The summed E-state index contributed by atoms with van der Waals surface area (Å²) in [7, 11) is 4.05. The summed E-state index contributed by atoms with van der Waals surface area (Å²) in [5.74, 6) is 0. The largest absolute Gasteiger partial charge is 0.354 e. The van der Waals surface area contributed by atoms with E-state index in [0.717, 1.165) is 17.7 Å². The summed E-state index contributed by atoms with van der Waals surface area (Å²) in [5, 5.41) is 6.67. The summed E-state index contributed by atoms with van der Waals surface area (Å²) < 4.78 is 0. The minimum absolute atomic E-state index is 0.768. The van der Waals surface area contributed by atoms with Crippen molar-refractivity contribution in [2.45, 2.75) is 25.4 Å². The van der Waals surface area contributed by atoms with Crippen LogP contribution in [0.15, 0.2) is 5.38 Å². The topological polar surface area (TPSA) is 28.2 Å². The molecule has 1 fully saturated rings. The van der Waals surface area contributed by atoms with Gasteiger partial charge in [-0.15, -0.1) is 11.3 Å². The number of nitrogens with zero attached hydrogens (tertiary/aromatic N) is 2. The minimum atomic E-state index is 0.768. The molecule has 0 aromatic carbocycles. The normalized spacial score (nSPS) is 16.2. The van der Waals surface area contributed by atoms with Gasteiger partial charge < -0.3 is 10.2 Å². The fourth-order valence-electron chi connectivity index (χ4n) is 1.12. The Hall–Kier alpha value is -0.610. The highest BCUT2D eigenvalue weighted by Crippen LogP contribution is 2.21. The molecule has 0 unspecified atom stereocenters. The molecule has 1 aliphatic carbocycles. The molecule has 1 heterocycles. The summed E-state index contributed by atoms with van der Waals surface area (Å²) in [4.78, 5) is 6.54. The van der Waals surface area contributed by atoms with Crippen LogP contribution in [0.4, 0.5) is 5.13 Å². The predicted octanol–water partition coefficient (Wildman–Crippen LogP) is 1.46. The number of thiazole rings is 1. The maximum Gasteiger partial charge on any atom is 0.185 e. The van der Waals surface area contributed by atoms with Crippen molar-refractivity contribution in [3.8, 4) is 0 Å². The molecule has 0 aliphatic heterocycles. The molecule has 1 N–H and O–H groups in total. The van der Waals surface area contributed by atoms with Crippen molar-refractivity contribution in [3.63, 3.8) is 0 Å². The van der Waals surface area contributed by atoms with E-state index in [1.54, 1.807) is 11.3 Å². The van der Waals surface area contributed by atoms with Gasteiger partial charge in [0, 0.05) is 32.1 Å². The van der Waals surface area contributed by atoms with Crippen molar-refractivity contribution in [2.75, 3.05) is 19.0 Å². The zero-order chi connectivity index (χ0) is 9.26. The summed E-state index contributed by atoms with van der Waals surface area (Å²) in [6.45, 7) is 0.926. The molecule has 0 radical (unpaired) electrons. The van der Waals surface area contributed by atoms with Crippen LogP contribution < -0.4 is 10.2 Å². The zero-order valence-corrected chi connectivity index (χ0v) is 8.90. The molecule has 2 rings (SSSR count). The standard InChI is InChI=1S/C9H15N3S/c1-12(2)9-11-8(6-13-9)5-10-7-3-4-7/h6-7,10H,3-5H2,1-2H3. The van der Waals surface area contributed by atoms with Crippen LogP contribution in [-0.2, 0) is 6.54 Å². The van der Waals surface area contributed by atoms with E-state index in [-0.39, 0.29) is 0 Å². The average molecular weight is 197 g/mol. The van der Waals surface area contributed by atoms with E-state index in [9.17, 15) is 0 Å². The molecule has 1 saturated carbocycles. The van der Waals surface area contributed by atoms with Crippen LogP contribution in [0.5, 0.6) is 0 Å². The summed E-state index contributed by atoms with van der Waals surface area (Å²) in [6, 6.07) is 0.768. The first-order valence-electron chi connectivity index (χ1n) is 4.61. The van der Waals surface area contributed by atoms with E-state index in [1.165, 1.54) is 18.5 Å². The van der Waals surface area contributed by atoms with Gasteiger partial charge in [0.15, 0.2) is 5.13 Å². The first-order chi connectivity index (χ1) is 6.25. The molecule has 3 nitrogen and oxygen atoms in total. The second-order valence-electron chi connectivity index (χ2n) is 3.67. The Morgan fingerprint density at radius 1 is 1.62 bits per heavy atom. The molecule has 0 saturated heterocycles. The van der Waals surface area contributed by atoms with Crippen LogP contribution >= 0.6 is 11.3 Å². The number of nitrogens with one attached hydrogen (secondary N) is 1. The summed E-state index contributed by atoms with van der Waals surface area (Å²) in [5.41, 5.74) is 1.17. The molecular weight excluding hydrogens is 182 g/mol. The molecule has 1 aromatic rings. The fraction of sp³-hybridized carbons (Fsp3) is 0.667. The van der Waals surface area contributed by atoms with Crippen LogP contribution in [0, 0.1) is 0 Å². The van der Waals surface area contributed by atoms with E-state index in [0.29, 0.717) is 0 Å². The Labute approximate surface area is 82.8 Å². The lowest BCUT2D eigenvalue weighted by Gasteiger charge is -2.05.